The van der Waals surface area contributed by atoms with E-state index in [1.807, 2.05) is 37.4 Å². The highest BCUT2D eigenvalue weighted by atomic mass is 32.2. The standard InChI is InChI=1S/C16H18N4OS/c1-19(13-7-5-6-8-13)15(21)11-22-16-17-12-20(18-16)14-9-3-2-4-10-14/h2-4,7,9-10,12H,5-6,8,11H2,1H3. The minimum atomic E-state index is 0.0919. The fourth-order valence-electron chi connectivity index (χ4n) is 2.36. The summed E-state index contributed by atoms with van der Waals surface area (Å²) in [7, 11) is 1.84. The van der Waals surface area contributed by atoms with Crippen molar-refractivity contribution in [2.24, 2.45) is 0 Å². The smallest absolute Gasteiger partial charge is 0.236 e. The summed E-state index contributed by atoms with van der Waals surface area (Å²) < 4.78 is 1.72. The van der Waals surface area contributed by atoms with Gasteiger partial charge in [-0.1, -0.05) is 36.0 Å². The van der Waals surface area contributed by atoms with Crippen LogP contribution < -0.4 is 0 Å². The van der Waals surface area contributed by atoms with Crippen LogP contribution in [0, 0.1) is 0 Å². The zero-order valence-electron chi connectivity index (χ0n) is 12.5. The molecule has 22 heavy (non-hydrogen) atoms. The molecule has 2 aromatic rings. The second-order valence-corrected chi connectivity index (χ2v) is 6.08. The molecule has 1 aliphatic rings. The monoisotopic (exact) mass is 314 g/mol. The van der Waals surface area contributed by atoms with Crippen molar-refractivity contribution in [3.63, 3.8) is 0 Å². The molecule has 1 aromatic carbocycles. The van der Waals surface area contributed by atoms with Crippen LogP contribution in [-0.2, 0) is 4.79 Å². The molecule has 0 fully saturated rings. The van der Waals surface area contributed by atoms with Crippen LogP contribution in [0.2, 0.25) is 0 Å². The average molecular weight is 314 g/mol. The number of carbonyl (C=O) groups excluding carboxylic acids is 1. The van der Waals surface area contributed by atoms with E-state index >= 15 is 0 Å². The summed E-state index contributed by atoms with van der Waals surface area (Å²) in [4.78, 5) is 18.2. The summed E-state index contributed by atoms with van der Waals surface area (Å²) in [6, 6.07) is 9.81. The van der Waals surface area contributed by atoms with Crippen LogP contribution in [0.3, 0.4) is 0 Å². The van der Waals surface area contributed by atoms with Crippen LogP contribution in [0.1, 0.15) is 19.3 Å². The van der Waals surface area contributed by atoms with E-state index < -0.39 is 0 Å². The lowest BCUT2D eigenvalue weighted by molar-refractivity contribution is -0.125. The van der Waals surface area contributed by atoms with Crippen molar-refractivity contribution >= 4 is 17.7 Å². The Bertz CT molecular complexity index is 680. The van der Waals surface area contributed by atoms with Crippen LogP contribution >= 0.6 is 11.8 Å². The molecule has 5 nitrogen and oxygen atoms in total. The van der Waals surface area contributed by atoms with Crippen molar-refractivity contribution in [1.82, 2.24) is 19.7 Å². The molecule has 0 aliphatic heterocycles. The largest absolute Gasteiger partial charge is 0.319 e. The molecule has 1 aliphatic carbocycles. The number of allylic oxidation sites excluding steroid dienone is 2. The predicted molar refractivity (Wildman–Crippen MR) is 86.8 cm³/mol. The molecule has 0 saturated heterocycles. The Morgan fingerprint density at radius 1 is 1.36 bits per heavy atom. The Labute approximate surface area is 134 Å². The van der Waals surface area contributed by atoms with Gasteiger partial charge >= 0.3 is 0 Å². The van der Waals surface area contributed by atoms with Crippen LogP contribution in [0.4, 0.5) is 0 Å². The highest BCUT2D eigenvalue weighted by Gasteiger charge is 2.17. The third-order valence-electron chi connectivity index (χ3n) is 3.64. The average Bonchev–Trinajstić information content (AvgIpc) is 3.24. The van der Waals surface area contributed by atoms with Gasteiger partial charge in [-0.25, -0.2) is 9.67 Å². The van der Waals surface area contributed by atoms with Gasteiger partial charge in [0.25, 0.3) is 0 Å². The molecular formula is C16H18N4OS. The van der Waals surface area contributed by atoms with Crippen molar-refractivity contribution in [2.45, 2.75) is 24.4 Å². The number of thioether (sulfide) groups is 1. The maximum absolute atomic E-state index is 12.2. The van der Waals surface area contributed by atoms with Crippen LogP contribution in [0.15, 0.2) is 53.6 Å². The van der Waals surface area contributed by atoms with Gasteiger partial charge in [0.15, 0.2) is 0 Å². The Morgan fingerprint density at radius 2 is 2.18 bits per heavy atom. The van der Waals surface area contributed by atoms with Gasteiger partial charge in [-0.3, -0.25) is 4.79 Å². The molecule has 0 N–H and O–H groups in total. The Balaban J connectivity index is 1.58. The van der Waals surface area contributed by atoms with Gasteiger partial charge in [-0.15, -0.1) is 5.10 Å². The van der Waals surface area contributed by atoms with Gasteiger partial charge in [0.05, 0.1) is 11.4 Å². The van der Waals surface area contributed by atoms with Gasteiger partial charge in [0.2, 0.25) is 11.1 Å². The summed E-state index contributed by atoms with van der Waals surface area (Å²) in [5.74, 6) is 0.446. The summed E-state index contributed by atoms with van der Waals surface area (Å²) in [5, 5.41) is 5.01. The molecule has 0 atom stereocenters. The minimum absolute atomic E-state index is 0.0919. The number of aromatic nitrogens is 3. The highest BCUT2D eigenvalue weighted by Crippen LogP contribution is 2.22. The molecule has 6 heteroatoms. The minimum Gasteiger partial charge on any atom is -0.319 e. The van der Waals surface area contributed by atoms with E-state index in [0.717, 1.165) is 30.6 Å². The fraction of sp³-hybridized carbons (Fsp3) is 0.312. The SMILES string of the molecule is CN(C(=O)CSc1ncn(-c2ccccc2)n1)C1=CCCC1. The first kappa shape index (κ1) is 14.8. The molecule has 0 radical (unpaired) electrons. The van der Waals surface area contributed by atoms with Gasteiger partial charge in [0.1, 0.15) is 6.33 Å². The second kappa shape index (κ2) is 6.79. The number of nitrogens with zero attached hydrogens (tertiary/aromatic N) is 4. The molecular weight excluding hydrogens is 296 g/mol. The van der Waals surface area contributed by atoms with E-state index in [9.17, 15) is 4.79 Å². The van der Waals surface area contributed by atoms with Gasteiger partial charge in [-0.2, -0.15) is 0 Å². The Morgan fingerprint density at radius 3 is 2.91 bits per heavy atom. The lowest BCUT2D eigenvalue weighted by Crippen LogP contribution is -2.27. The number of rotatable bonds is 5. The first-order valence-corrected chi connectivity index (χ1v) is 8.28. The van der Waals surface area contributed by atoms with Crippen molar-refractivity contribution in [1.29, 1.82) is 0 Å². The molecule has 1 heterocycles. The van der Waals surface area contributed by atoms with Gasteiger partial charge < -0.3 is 4.90 Å². The maximum atomic E-state index is 12.2. The van der Waals surface area contributed by atoms with Crippen LogP contribution in [-0.4, -0.2) is 38.4 Å². The lowest BCUT2D eigenvalue weighted by atomic mass is 10.3. The number of amides is 1. The van der Waals surface area contributed by atoms with E-state index in [1.165, 1.54) is 11.8 Å². The van der Waals surface area contributed by atoms with Crippen LogP contribution in [0.5, 0.6) is 0 Å². The van der Waals surface area contributed by atoms with E-state index in [-0.39, 0.29) is 5.91 Å². The summed E-state index contributed by atoms with van der Waals surface area (Å²) >= 11 is 1.37. The fourth-order valence-corrected chi connectivity index (χ4v) is 3.07. The first-order chi connectivity index (χ1) is 10.7. The molecule has 3 rings (SSSR count). The Hall–Kier alpha value is -2.08. The second-order valence-electron chi connectivity index (χ2n) is 5.14. The van der Waals surface area contributed by atoms with Crippen molar-refractivity contribution in [2.75, 3.05) is 12.8 Å². The molecule has 0 saturated carbocycles. The van der Waals surface area contributed by atoms with Crippen molar-refractivity contribution < 1.29 is 4.79 Å². The third-order valence-corrected chi connectivity index (χ3v) is 4.47. The Kier molecular flexibility index (Phi) is 4.58. The van der Waals surface area contributed by atoms with E-state index in [0.29, 0.717) is 10.9 Å². The number of para-hydroxylation sites is 1. The van der Waals surface area contributed by atoms with Gasteiger partial charge in [-0.05, 0) is 31.4 Å². The van der Waals surface area contributed by atoms with E-state index in [4.69, 9.17) is 0 Å². The molecule has 1 amide bonds. The predicted octanol–water partition coefficient (Wildman–Crippen LogP) is 2.89. The summed E-state index contributed by atoms with van der Waals surface area (Å²) in [6.45, 7) is 0. The number of hydrogen-bond acceptors (Lipinski definition) is 4. The number of benzene rings is 1. The van der Waals surface area contributed by atoms with E-state index in [2.05, 4.69) is 16.2 Å². The summed E-state index contributed by atoms with van der Waals surface area (Å²) in [5.41, 5.74) is 2.09. The van der Waals surface area contributed by atoms with Crippen molar-refractivity contribution in [3.8, 4) is 5.69 Å². The van der Waals surface area contributed by atoms with Crippen LogP contribution in [0.25, 0.3) is 5.69 Å². The van der Waals surface area contributed by atoms with E-state index in [1.54, 1.807) is 15.9 Å². The quantitative estimate of drug-likeness (QED) is 0.796. The van der Waals surface area contributed by atoms with Gasteiger partial charge in [0, 0.05) is 12.7 Å². The first-order valence-electron chi connectivity index (χ1n) is 7.29. The topological polar surface area (TPSA) is 51.0 Å². The molecule has 1 aromatic heterocycles. The molecule has 114 valence electrons. The maximum Gasteiger partial charge on any atom is 0.236 e. The van der Waals surface area contributed by atoms with Crippen molar-refractivity contribution in [3.05, 3.63) is 48.4 Å². The molecule has 0 spiro atoms. The normalized spacial score (nSPS) is 14.0. The molecule has 0 bridgehead atoms. The number of hydrogen-bond donors (Lipinski definition) is 0. The molecule has 0 unspecified atom stereocenters. The number of carbonyl (C=O) groups is 1. The summed E-state index contributed by atoms with van der Waals surface area (Å²) in [6.07, 6.45) is 7.02. The highest BCUT2D eigenvalue weighted by molar-refractivity contribution is 7.99. The third kappa shape index (κ3) is 3.39. The zero-order valence-corrected chi connectivity index (χ0v) is 13.3. The zero-order chi connectivity index (χ0) is 15.4. The lowest BCUT2D eigenvalue weighted by Gasteiger charge is -2.17.